The van der Waals surface area contributed by atoms with Gasteiger partial charge >= 0.3 is 0 Å². The highest BCUT2D eigenvalue weighted by molar-refractivity contribution is 9.10. The van der Waals surface area contributed by atoms with Gasteiger partial charge < -0.3 is 10.1 Å². The molecule has 5 nitrogen and oxygen atoms in total. The first-order chi connectivity index (χ1) is 12.0. The molecule has 2 N–H and O–H groups in total. The summed E-state index contributed by atoms with van der Waals surface area (Å²) in [6, 6.07) is 10.4. The van der Waals surface area contributed by atoms with E-state index in [-0.39, 0.29) is 17.2 Å². The van der Waals surface area contributed by atoms with Crippen molar-refractivity contribution in [1.29, 1.82) is 0 Å². The van der Waals surface area contributed by atoms with E-state index in [1.54, 1.807) is 0 Å². The average Bonchev–Trinajstić information content (AvgIpc) is 3.03. The van der Waals surface area contributed by atoms with E-state index in [9.17, 15) is 4.79 Å². The summed E-state index contributed by atoms with van der Waals surface area (Å²) >= 11 is 3.50. The highest BCUT2D eigenvalue weighted by Crippen LogP contribution is 2.34. The largest absolute Gasteiger partial charge is 0.381 e. The molecule has 0 bridgehead atoms. The van der Waals surface area contributed by atoms with Crippen LogP contribution >= 0.6 is 15.9 Å². The van der Waals surface area contributed by atoms with E-state index in [0.29, 0.717) is 25.5 Å². The van der Waals surface area contributed by atoms with Gasteiger partial charge in [0.15, 0.2) is 5.69 Å². The molecule has 0 saturated carbocycles. The Morgan fingerprint density at radius 1 is 1.32 bits per heavy atom. The minimum atomic E-state index is -0.156. The number of H-pyrrole nitrogens is 1. The molecule has 0 aliphatic carbocycles. The van der Waals surface area contributed by atoms with Gasteiger partial charge in [0.1, 0.15) is 0 Å². The molecule has 1 amide bonds. The number of nitrogens with one attached hydrogen (secondary N) is 2. The van der Waals surface area contributed by atoms with Crippen molar-refractivity contribution in [3.05, 3.63) is 51.8 Å². The highest BCUT2D eigenvalue weighted by Gasteiger charge is 2.35. The molecule has 0 atom stereocenters. The predicted molar refractivity (Wildman–Crippen MR) is 101 cm³/mol. The Morgan fingerprint density at radius 2 is 2.00 bits per heavy atom. The van der Waals surface area contributed by atoms with Crippen LogP contribution in [0.2, 0.25) is 0 Å². The monoisotopic (exact) mass is 405 g/mol. The van der Waals surface area contributed by atoms with Crippen molar-refractivity contribution in [2.75, 3.05) is 19.8 Å². The smallest absolute Gasteiger partial charge is 0.272 e. The van der Waals surface area contributed by atoms with Crippen LogP contribution in [0.25, 0.3) is 0 Å². The predicted octanol–water partition coefficient (Wildman–Crippen LogP) is 3.77. The molecule has 1 aromatic carbocycles. The van der Waals surface area contributed by atoms with E-state index in [1.165, 1.54) is 5.56 Å². The molecular weight excluding hydrogens is 382 g/mol. The molecule has 0 radical (unpaired) electrons. The first-order valence-electron chi connectivity index (χ1n) is 8.69. The maximum Gasteiger partial charge on any atom is 0.272 e. The normalized spacial score (nSPS) is 16.8. The van der Waals surface area contributed by atoms with Crippen LogP contribution in [0.4, 0.5) is 0 Å². The Labute approximate surface area is 156 Å². The maximum atomic E-state index is 12.7. The minimum absolute atomic E-state index is 0.0845. The van der Waals surface area contributed by atoms with Crippen molar-refractivity contribution in [3.8, 4) is 0 Å². The Morgan fingerprint density at radius 3 is 2.60 bits per heavy atom. The summed E-state index contributed by atoms with van der Waals surface area (Å²) in [5, 5.41) is 10.2. The lowest BCUT2D eigenvalue weighted by atomic mass is 9.74. The van der Waals surface area contributed by atoms with Crippen LogP contribution in [0, 0.1) is 0 Å². The fourth-order valence-corrected chi connectivity index (χ4v) is 4.14. The summed E-state index contributed by atoms with van der Waals surface area (Å²) in [7, 11) is 0. The molecular formula is C19H24BrN3O2. The second kappa shape index (κ2) is 7.70. The molecule has 2 aromatic rings. The van der Waals surface area contributed by atoms with Crippen LogP contribution in [-0.2, 0) is 10.2 Å². The zero-order valence-corrected chi connectivity index (χ0v) is 16.2. The van der Waals surface area contributed by atoms with Crippen molar-refractivity contribution < 1.29 is 9.53 Å². The number of amides is 1. The number of benzene rings is 1. The van der Waals surface area contributed by atoms with E-state index in [1.807, 2.05) is 18.2 Å². The van der Waals surface area contributed by atoms with Crippen molar-refractivity contribution in [2.45, 2.75) is 38.0 Å². The number of aromatic amines is 1. The number of halogens is 1. The number of hydrogen-bond donors (Lipinski definition) is 2. The number of carbonyl (C=O) groups excluding carboxylic acids is 1. The zero-order chi connectivity index (χ0) is 17.9. The number of nitrogens with zero attached hydrogens (tertiary/aromatic N) is 1. The van der Waals surface area contributed by atoms with Gasteiger partial charge in [0, 0.05) is 25.2 Å². The quantitative estimate of drug-likeness (QED) is 0.795. The molecule has 1 aliphatic rings. The van der Waals surface area contributed by atoms with E-state index < -0.39 is 0 Å². The van der Waals surface area contributed by atoms with Crippen LogP contribution < -0.4 is 5.32 Å². The SMILES string of the molecule is CC(C)c1[nH]nc(C(=O)NCC2(c3ccccc3)CCOCC2)c1Br. The Hall–Kier alpha value is -1.66. The van der Waals surface area contributed by atoms with Crippen LogP contribution in [0.3, 0.4) is 0 Å². The molecule has 1 saturated heterocycles. The minimum Gasteiger partial charge on any atom is -0.381 e. The van der Waals surface area contributed by atoms with E-state index in [0.717, 1.165) is 23.0 Å². The van der Waals surface area contributed by atoms with E-state index in [4.69, 9.17) is 4.74 Å². The van der Waals surface area contributed by atoms with Crippen LogP contribution in [0.5, 0.6) is 0 Å². The first-order valence-corrected chi connectivity index (χ1v) is 9.48. The second-order valence-corrected chi connectivity index (χ2v) is 7.69. The van der Waals surface area contributed by atoms with Gasteiger partial charge in [-0.2, -0.15) is 5.10 Å². The standard InChI is InChI=1S/C19H24BrN3O2/c1-13(2)16-15(20)17(23-22-16)18(24)21-12-19(8-10-25-11-9-19)14-6-4-3-5-7-14/h3-7,13H,8-12H2,1-2H3,(H,21,24)(H,22,23). The molecule has 1 aromatic heterocycles. The van der Waals surface area contributed by atoms with Gasteiger partial charge in [-0.3, -0.25) is 9.89 Å². The van der Waals surface area contributed by atoms with Gasteiger partial charge in [0.25, 0.3) is 5.91 Å². The fourth-order valence-electron chi connectivity index (χ4n) is 3.33. The summed E-state index contributed by atoms with van der Waals surface area (Å²) in [5.74, 6) is 0.117. The molecule has 1 aliphatic heterocycles. The Kier molecular flexibility index (Phi) is 5.59. The third-order valence-electron chi connectivity index (χ3n) is 4.95. The van der Waals surface area contributed by atoms with Crippen molar-refractivity contribution in [3.63, 3.8) is 0 Å². The maximum absolute atomic E-state index is 12.7. The molecule has 0 unspecified atom stereocenters. The summed E-state index contributed by atoms with van der Waals surface area (Å²) < 4.78 is 6.30. The van der Waals surface area contributed by atoms with Gasteiger partial charge in [0.05, 0.1) is 10.2 Å². The van der Waals surface area contributed by atoms with Crippen LogP contribution in [0.15, 0.2) is 34.8 Å². The van der Waals surface area contributed by atoms with Crippen LogP contribution in [0.1, 0.15) is 54.4 Å². The molecule has 0 spiro atoms. The van der Waals surface area contributed by atoms with Gasteiger partial charge in [-0.25, -0.2) is 0 Å². The van der Waals surface area contributed by atoms with Crippen molar-refractivity contribution >= 4 is 21.8 Å². The Balaban J connectivity index is 1.77. The number of carbonyl (C=O) groups is 1. The summed E-state index contributed by atoms with van der Waals surface area (Å²) in [6.07, 6.45) is 1.80. The average molecular weight is 406 g/mol. The lowest BCUT2D eigenvalue weighted by Gasteiger charge is -2.37. The number of rotatable bonds is 5. The third kappa shape index (κ3) is 3.80. The number of ether oxygens (including phenoxy) is 1. The number of hydrogen-bond acceptors (Lipinski definition) is 3. The Bertz CT molecular complexity index is 722. The van der Waals surface area contributed by atoms with Crippen molar-refractivity contribution in [2.24, 2.45) is 0 Å². The first kappa shape index (κ1) is 18.1. The molecule has 134 valence electrons. The third-order valence-corrected chi connectivity index (χ3v) is 5.75. The molecule has 1 fully saturated rings. The zero-order valence-electron chi connectivity index (χ0n) is 14.6. The van der Waals surface area contributed by atoms with Crippen molar-refractivity contribution in [1.82, 2.24) is 15.5 Å². The van der Waals surface area contributed by atoms with Gasteiger partial charge in [-0.15, -0.1) is 0 Å². The summed E-state index contributed by atoms with van der Waals surface area (Å²) in [5.41, 5.74) is 2.52. The summed E-state index contributed by atoms with van der Waals surface area (Å²) in [4.78, 5) is 12.7. The lowest BCUT2D eigenvalue weighted by molar-refractivity contribution is 0.0486. The fraction of sp³-hybridized carbons (Fsp3) is 0.474. The molecule has 25 heavy (non-hydrogen) atoms. The molecule has 2 heterocycles. The van der Waals surface area contributed by atoms with E-state index in [2.05, 4.69) is 57.4 Å². The van der Waals surface area contributed by atoms with Gasteiger partial charge in [-0.05, 0) is 40.3 Å². The van der Waals surface area contributed by atoms with Gasteiger partial charge in [0.2, 0.25) is 0 Å². The molecule has 6 heteroatoms. The van der Waals surface area contributed by atoms with Crippen LogP contribution in [-0.4, -0.2) is 35.9 Å². The number of aromatic nitrogens is 2. The molecule has 3 rings (SSSR count). The van der Waals surface area contributed by atoms with Gasteiger partial charge in [-0.1, -0.05) is 44.2 Å². The topological polar surface area (TPSA) is 67.0 Å². The lowest BCUT2D eigenvalue weighted by Crippen LogP contribution is -2.44. The van der Waals surface area contributed by atoms with E-state index >= 15 is 0 Å². The second-order valence-electron chi connectivity index (χ2n) is 6.90. The summed E-state index contributed by atoms with van der Waals surface area (Å²) in [6.45, 7) is 6.14. The highest BCUT2D eigenvalue weighted by atomic mass is 79.9.